The van der Waals surface area contributed by atoms with E-state index < -0.39 is 22.4 Å². The molecule has 9 heteroatoms. The van der Waals surface area contributed by atoms with Gasteiger partial charge in [0.1, 0.15) is 6.04 Å². The molecule has 0 saturated carbocycles. The van der Waals surface area contributed by atoms with Gasteiger partial charge in [-0.25, -0.2) is 5.43 Å². The predicted molar refractivity (Wildman–Crippen MR) is 99.7 cm³/mol. The molecule has 0 heterocycles. The summed E-state index contributed by atoms with van der Waals surface area (Å²) in [7, 11) is 0. The molecule has 136 valence electrons. The minimum absolute atomic E-state index is 0.0218. The van der Waals surface area contributed by atoms with E-state index in [0.29, 0.717) is 6.42 Å². The molecule has 0 aromatic heterocycles. The molecule has 0 saturated heterocycles. The highest BCUT2D eigenvalue weighted by molar-refractivity contribution is 6.31. The van der Waals surface area contributed by atoms with E-state index in [4.69, 9.17) is 11.6 Å². The lowest BCUT2D eigenvalue weighted by Crippen LogP contribution is -2.36. The first-order valence-corrected chi connectivity index (χ1v) is 8.11. The molecule has 2 aromatic rings. The first kappa shape index (κ1) is 19.2. The Hall–Kier alpha value is -3.13. The predicted octanol–water partition coefficient (Wildman–Crippen LogP) is 3.29. The number of rotatable bonds is 7. The Kier molecular flexibility index (Phi) is 6.51. The number of anilines is 1. The van der Waals surface area contributed by atoms with Crippen LogP contribution in [0.2, 0.25) is 5.02 Å². The molecule has 0 aliphatic heterocycles. The summed E-state index contributed by atoms with van der Waals surface area (Å²) in [5.74, 6) is -0.963. The number of halogens is 1. The number of phenols is 1. The van der Waals surface area contributed by atoms with E-state index in [1.807, 2.05) is 37.3 Å². The molecule has 26 heavy (non-hydrogen) atoms. The zero-order chi connectivity index (χ0) is 19.1. The number of nitrogens with zero attached hydrogens (tertiary/aromatic N) is 2. The van der Waals surface area contributed by atoms with Crippen LogP contribution in [0.5, 0.6) is 5.75 Å². The number of benzene rings is 2. The Balaban J connectivity index is 2.07. The van der Waals surface area contributed by atoms with E-state index in [9.17, 15) is 20.0 Å². The molecule has 2 rings (SSSR count). The zero-order valence-electron chi connectivity index (χ0n) is 13.8. The molecule has 8 nitrogen and oxygen atoms in total. The normalized spacial score (nSPS) is 11.9. The third-order valence-corrected chi connectivity index (χ3v) is 3.72. The van der Waals surface area contributed by atoms with Crippen LogP contribution in [0.1, 0.15) is 18.9 Å². The number of carbonyl (C=O) groups is 1. The van der Waals surface area contributed by atoms with E-state index in [0.717, 1.165) is 18.0 Å². The average molecular weight is 377 g/mol. The quantitative estimate of drug-likeness (QED) is 0.389. The number of phenolic OH excluding ortho intramolecular Hbond substituents is 1. The van der Waals surface area contributed by atoms with Crippen molar-refractivity contribution in [1.82, 2.24) is 5.43 Å². The Morgan fingerprint density at radius 2 is 2.08 bits per heavy atom. The van der Waals surface area contributed by atoms with Gasteiger partial charge in [-0.3, -0.25) is 14.9 Å². The standard InChI is InChI=1S/C17H17ClN4O4/c1-2-14(20-13-6-4-3-5-7-13)17(24)21-19-10-11-8-12(18)9-15(16(11)23)22(25)26/h3-10,14,20,23H,2H2,1H3,(H,21,24)/b19-10-/t14-/m1/s1. The van der Waals surface area contributed by atoms with E-state index in [2.05, 4.69) is 15.8 Å². The lowest BCUT2D eigenvalue weighted by molar-refractivity contribution is -0.385. The van der Waals surface area contributed by atoms with Crippen molar-refractivity contribution in [2.24, 2.45) is 5.10 Å². The minimum Gasteiger partial charge on any atom is -0.502 e. The smallest absolute Gasteiger partial charge is 0.312 e. The molecule has 0 aliphatic rings. The Bertz CT molecular complexity index is 827. The average Bonchev–Trinajstić information content (AvgIpc) is 2.62. The molecular formula is C17H17ClN4O4. The van der Waals surface area contributed by atoms with Crippen molar-refractivity contribution >= 4 is 35.1 Å². The molecule has 0 bridgehead atoms. The number of amides is 1. The third-order valence-electron chi connectivity index (χ3n) is 3.50. The number of para-hydroxylation sites is 1. The topological polar surface area (TPSA) is 117 Å². The van der Waals surface area contributed by atoms with Gasteiger partial charge in [0.25, 0.3) is 5.91 Å². The summed E-state index contributed by atoms with van der Waals surface area (Å²) in [6.45, 7) is 1.84. The maximum Gasteiger partial charge on any atom is 0.312 e. The van der Waals surface area contributed by atoms with Crippen LogP contribution in [0, 0.1) is 10.1 Å². The summed E-state index contributed by atoms with van der Waals surface area (Å²) < 4.78 is 0. The van der Waals surface area contributed by atoms with Crippen molar-refractivity contribution in [3.8, 4) is 5.75 Å². The van der Waals surface area contributed by atoms with Crippen molar-refractivity contribution in [2.75, 3.05) is 5.32 Å². The lowest BCUT2D eigenvalue weighted by Gasteiger charge is -2.16. The van der Waals surface area contributed by atoms with Gasteiger partial charge in [-0.2, -0.15) is 5.10 Å². The fraction of sp³-hybridized carbons (Fsp3) is 0.176. The van der Waals surface area contributed by atoms with Crippen LogP contribution in [-0.2, 0) is 4.79 Å². The molecule has 0 aliphatic carbocycles. The van der Waals surface area contributed by atoms with Crippen molar-refractivity contribution in [1.29, 1.82) is 0 Å². The summed E-state index contributed by atoms with van der Waals surface area (Å²) in [6, 6.07) is 11.1. The summed E-state index contributed by atoms with van der Waals surface area (Å²) >= 11 is 5.80. The molecule has 2 aromatic carbocycles. The van der Waals surface area contributed by atoms with Crippen LogP contribution in [-0.4, -0.2) is 28.2 Å². The first-order valence-electron chi connectivity index (χ1n) is 7.73. The fourth-order valence-electron chi connectivity index (χ4n) is 2.17. The molecule has 0 fully saturated rings. The zero-order valence-corrected chi connectivity index (χ0v) is 14.6. The van der Waals surface area contributed by atoms with Gasteiger partial charge in [0.15, 0.2) is 0 Å². The lowest BCUT2D eigenvalue weighted by atomic mass is 10.2. The molecule has 0 unspecified atom stereocenters. The van der Waals surface area contributed by atoms with Gasteiger partial charge >= 0.3 is 5.69 Å². The van der Waals surface area contributed by atoms with Gasteiger partial charge in [-0.05, 0) is 24.6 Å². The maximum atomic E-state index is 12.2. The second-order valence-corrected chi connectivity index (χ2v) is 5.76. The van der Waals surface area contributed by atoms with Crippen molar-refractivity contribution in [3.63, 3.8) is 0 Å². The van der Waals surface area contributed by atoms with Crippen LogP contribution >= 0.6 is 11.6 Å². The Morgan fingerprint density at radius 1 is 1.38 bits per heavy atom. The number of aromatic hydroxyl groups is 1. The number of hydrogen-bond donors (Lipinski definition) is 3. The number of hydrogen-bond acceptors (Lipinski definition) is 6. The number of hydrazone groups is 1. The van der Waals surface area contributed by atoms with E-state index in [-0.39, 0.29) is 16.5 Å². The minimum atomic E-state index is -0.756. The second-order valence-electron chi connectivity index (χ2n) is 5.33. The van der Waals surface area contributed by atoms with Gasteiger partial charge in [-0.1, -0.05) is 36.7 Å². The van der Waals surface area contributed by atoms with E-state index in [1.165, 1.54) is 6.07 Å². The molecular weight excluding hydrogens is 360 g/mol. The molecule has 0 spiro atoms. The van der Waals surface area contributed by atoms with Crippen LogP contribution in [0.25, 0.3) is 0 Å². The van der Waals surface area contributed by atoms with Gasteiger partial charge in [0.05, 0.1) is 11.1 Å². The highest BCUT2D eigenvalue weighted by Crippen LogP contribution is 2.32. The first-order chi connectivity index (χ1) is 12.4. The van der Waals surface area contributed by atoms with E-state index in [1.54, 1.807) is 0 Å². The number of nitro groups is 1. The van der Waals surface area contributed by atoms with Crippen LogP contribution in [0.4, 0.5) is 11.4 Å². The fourth-order valence-corrected chi connectivity index (χ4v) is 2.40. The SMILES string of the molecule is CC[C@@H](Nc1ccccc1)C(=O)N/N=C\c1cc(Cl)cc([N+](=O)[O-])c1O. The Morgan fingerprint density at radius 3 is 2.69 bits per heavy atom. The van der Waals surface area contributed by atoms with E-state index >= 15 is 0 Å². The van der Waals surface area contributed by atoms with Crippen molar-refractivity contribution < 1.29 is 14.8 Å². The summed E-state index contributed by atoms with van der Waals surface area (Å²) in [5, 5.41) is 27.7. The van der Waals surface area contributed by atoms with Gasteiger partial charge in [0.2, 0.25) is 5.75 Å². The largest absolute Gasteiger partial charge is 0.502 e. The van der Waals surface area contributed by atoms with Crippen molar-refractivity contribution in [2.45, 2.75) is 19.4 Å². The van der Waals surface area contributed by atoms with Crippen molar-refractivity contribution in [3.05, 3.63) is 63.2 Å². The number of carbonyl (C=O) groups excluding carboxylic acids is 1. The summed E-state index contributed by atoms with van der Waals surface area (Å²) in [5.41, 5.74) is 2.62. The van der Waals surface area contributed by atoms with Gasteiger partial charge in [-0.15, -0.1) is 0 Å². The third kappa shape index (κ3) is 4.93. The molecule has 1 amide bonds. The van der Waals surface area contributed by atoms with Crippen LogP contribution in [0.3, 0.4) is 0 Å². The summed E-state index contributed by atoms with van der Waals surface area (Å²) in [6.07, 6.45) is 1.62. The molecule has 3 N–H and O–H groups in total. The number of nitro benzene ring substituents is 1. The monoisotopic (exact) mass is 376 g/mol. The second kappa shape index (κ2) is 8.82. The van der Waals surface area contributed by atoms with Gasteiger partial charge in [0, 0.05) is 22.3 Å². The van der Waals surface area contributed by atoms with Gasteiger partial charge < -0.3 is 10.4 Å². The molecule has 1 atom stereocenters. The summed E-state index contributed by atoms with van der Waals surface area (Å²) in [4.78, 5) is 22.3. The highest BCUT2D eigenvalue weighted by Gasteiger charge is 2.18. The van der Waals surface area contributed by atoms with Crippen LogP contribution < -0.4 is 10.7 Å². The number of nitrogens with one attached hydrogen (secondary N) is 2. The Labute approximate surface area is 154 Å². The molecule has 0 radical (unpaired) electrons. The maximum absolute atomic E-state index is 12.2. The highest BCUT2D eigenvalue weighted by atomic mass is 35.5. The van der Waals surface area contributed by atoms with Crippen LogP contribution in [0.15, 0.2) is 47.6 Å².